The highest BCUT2D eigenvalue weighted by Crippen LogP contribution is 2.52. The Morgan fingerprint density at radius 3 is 2.70 bits per heavy atom. The molecule has 3 aliphatic rings. The van der Waals surface area contributed by atoms with Crippen molar-refractivity contribution >= 4 is 35.0 Å². The molecule has 3 fully saturated rings. The number of halogens is 2. The third-order valence-corrected chi connectivity index (χ3v) is 6.45. The molecule has 0 radical (unpaired) electrons. The van der Waals surface area contributed by atoms with Crippen molar-refractivity contribution in [2.75, 3.05) is 6.61 Å². The van der Waals surface area contributed by atoms with Gasteiger partial charge in [0.1, 0.15) is 11.4 Å². The maximum absolute atomic E-state index is 12.6. The summed E-state index contributed by atoms with van der Waals surface area (Å²) in [7, 11) is 0. The van der Waals surface area contributed by atoms with Gasteiger partial charge in [-0.2, -0.15) is 0 Å². The number of carbonyl (C=O) groups is 2. The van der Waals surface area contributed by atoms with Crippen LogP contribution in [0.3, 0.4) is 0 Å². The molecule has 158 valence electrons. The number of benzene rings is 1. The summed E-state index contributed by atoms with van der Waals surface area (Å²) in [6.45, 7) is -0.271. The number of rotatable bonds is 7. The van der Waals surface area contributed by atoms with Gasteiger partial charge in [0.15, 0.2) is 6.61 Å². The van der Waals surface area contributed by atoms with E-state index in [0.29, 0.717) is 33.7 Å². The van der Waals surface area contributed by atoms with E-state index in [9.17, 15) is 14.7 Å². The van der Waals surface area contributed by atoms with Gasteiger partial charge in [-0.1, -0.05) is 23.2 Å². The summed E-state index contributed by atoms with van der Waals surface area (Å²) in [6.07, 6.45) is 3.81. The van der Waals surface area contributed by atoms with Crippen molar-refractivity contribution in [2.45, 2.75) is 37.5 Å². The average Bonchev–Trinajstić information content (AvgIpc) is 3.22. The fourth-order valence-electron chi connectivity index (χ4n) is 4.27. The fraction of sp³-hybridized carbons (Fsp3) is 0.381. The van der Waals surface area contributed by atoms with Crippen molar-refractivity contribution in [3.63, 3.8) is 0 Å². The molecule has 9 heteroatoms. The summed E-state index contributed by atoms with van der Waals surface area (Å²) >= 11 is 11.8. The van der Waals surface area contributed by atoms with Gasteiger partial charge >= 0.3 is 0 Å². The van der Waals surface area contributed by atoms with Crippen molar-refractivity contribution in [1.82, 2.24) is 15.6 Å². The lowest BCUT2D eigenvalue weighted by atomic mass is 9.76. The van der Waals surface area contributed by atoms with Gasteiger partial charge in [-0.05, 0) is 55.0 Å². The van der Waals surface area contributed by atoms with Gasteiger partial charge < -0.3 is 20.5 Å². The molecule has 2 aromatic rings. The lowest BCUT2D eigenvalue weighted by Gasteiger charge is -2.39. The van der Waals surface area contributed by atoms with Crippen molar-refractivity contribution in [2.24, 2.45) is 5.92 Å². The van der Waals surface area contributed by atoms with Crippen LogP contribution in [0, 0.1) is 5.92 Å². The fourth-order valence-corrected chi connectivity index (χ4v) is 4.56. The van der Waals surface area contributed by atoms with E-state index < -0.39 is 0 Å². The highest BCUT2D eigenvalue weighted by Gasteiger charge is 2.57. The zero-order valence-electron chi connectivity index (χ0n) is 16.0. The first-order chi connectivity index (χ1) is 14.4. The number of aromatic nitrogens is 1. The predicted molar refractivity (Wildman–Crippen MR) is 112 cm³/mol. The zero-order chi connectivity index (χ0) is 21.3. The average molecular weight is 450 g/mol. The van der Waals surface area contributed by atoms with Crippen LogP contribution in [0.5, 0.6) is 5.75 Å². The Labute approximate surface area is 183 Å². The normalized spacial score (nSPS) is 24.1. The third kappa shape index (κ3) is 4.38. The standard InChI is InChI=1S/C21H21Cl2N3O4/c22-15-2-1-14(6-16(15)23)30-11-19(28)25-18-9-21(7-13(18)8-21)26-20(29)17-5-12(10-27)3-4-24-17/h1-6,13,18,27H,7-11H2,(H,25,28)(H,26,29)/t13?,18-,21?/m0/s1. The number of hydrogen-bond donors (Lipinski definition) is 3. The summed E-state index contributed by atoms with van der Waals surface area (Å²) in [5, 5.41) is 16.1. The molecule has 30 heavy (non-hydrogen) atoms. The Morgan fingerprint density at radius 1 is 1.17 bits per heavy atom. The van der Waals surface area contributed by atoms with Gasteiger partial charge in [0.25, 0.3) is 11.8 Å². The van der Waals surface area contributed by atoms with Crippen LogP contribution >= 0.6 is 23.2 Å². The van der Waals surface area contributed by atoms with Gasteiger partial charge in [-0.25, -0.2) is 0 Å². The maximum Gasteiger partial charge on any atom is 0.270 e. The lowest BCUT2D eigenvalue weighted by molar-refractivity contribution is -0.124. The van der Waals surface area contributed by atoms with E-state index >= 15 is 0 Å². The van der Waals surface area contributed by atoms with Gasteiger partial charge in [-0.3, -0.25) is 14.6 Å². The van der Waals surface area contributed by atoms with Crippen molar-refractivity contribution < 1.29 is 19.4 Å². The molecule has 0 saturated heterocycles. The quantitative estimate of drug-likeness (QED) is 0.603. The van der Waals surface area contributed by atoms with Crippen LogP contribution in [0.1, 0.15) is 35.3 Å². The van der Waals surface area contributed by atoms with Crippen LogP contribution < -0.4 is 15.4 Å². The molecular weight excluding hydrogens is 429 g/mol. The number of carbonyl (C=O) groups excluding carboxylic acids is 2. The highest BCUT2D eigenvalue weighted by atomic mass is 35.5. The summed E-state index contributed by atoms with van der Waals surface area (Å²) in [5.41, 5.74) is 0.598. The molecule has 2 bridgehead atoms. The van der Waals surface area contributed by atoms with E-state index in [2.05, 4.69) is 15.6 Å². The van der Waals surface area contributed by atoms with Crippen LogP contribution in [0.4, 0.5) is 0 Å². The monoisotopic (exact) mass is 449 g/mol. The first kappa shape index (κ1) is 20.9. The number of hydrogen-bond acceptors (Lipinski definition) is 5. The third-order valence-electron chi connectivity index (χ3n) is 5.71. The van der Waals surface area contributed by atoms with Crippen LogP contribution in [0.25, 0.3) is 0 Å². The minimum atomic E-state index is -0.318. The Hall–Kier alpha value is -2.35. The van der Waals surface area contributed by atoms with Gasteiger partial charge in [0.05, 0.1) is 16.7 Å². The molecule has 0 spiro atoms. The molecule has 7 nitrogen and oxygen atoms in total. The van der Waals surface area contributed by atoms with Crippen LogP contribution in [-0.2, 0) is 11.4 Å². The molecule has 5 rings (SSSR count). The van der Waals surface area contributed by atoms with E-state index in [4.69, 9.17) is 27.9 Å². The largest absolute Gasteiger partial charge is 0.484 e. The van der Waals surface area contributed by atoms with Crippen LogP contribution in [0.2, 0.25) is 10.0 Å². The first-order valence-corrected chi connectivity index (χ1v) is 10.4. The van der Waals surface area contributed by atoms with Crippen LogP contribution in [0.15, 0.2) is 36.5 Å². The van der Waals surface area contributed by atoms with E-state index in [1.54, 1.807) is 30.3 Å². The topological polar surface area (TPSA) is 101 Å². The molecule has 3 N–H and O–H groups in total. The first-order valence-electron chi connectivity index (χ1n) is 9.63. The number of aliphatic hydroxyl groups excluding tert-OH is 1. The molecule has 2 amide bonds. The smallest absolute Gasteiger partial charge is 0.270 e. The molecular formula is C21H21Cl2N3O4. The molecule has 1 aromatic heterocycles. The van der Waals surface area contributed by atoms with Crippen molar-refractivity contribution in [3.05, 3.63) is 57.8 Å². The van der Waals surface area contributed by atoms with Gasteiger partial charge in [0.2, 0.25) is 0 Å². The van der Waals surface area contributed by atoms with Gasteiger partial charge in [-0.15, -0.1) is 0 Å². The molecule has 0 aliphatic heterocycles. The zero-order valence-corrected chi connectivity index (χ0v) is 17.5. The van der Waals surface area contributed by atoms with Crippen LogP contribution in [-0.4, -0.2) is 40.1 Å². The lowest BCUT2D eigenvalue weighted by Crippen LogP contribution is -2.52. The van der Waals surface area contributed by atoms with E-state index in [0.717, 1.165) is 12.8 Å². The molecule has 3 aliphatic carbocycles. The number of fused-ring (bicyclic) bond motifs is 1. The van der Waals surface area contributed by atoms with Crippen molar-refractivity contribution in [1.29, 1.82) is 0 Å². The second-order valence-corrected chi connectivity index (χ2v) is 8.67. The van der Waals surface area contributed by atoms with Gasteiger partial charge in [0, 0.05) is 23.8 Å². The Kier molecular flexibility index (Phi) is 5.86. The van der Waals surface area contributed by atoms with E-state index in [1.165, 1.54) is 6.20 Å². The molecule has 3 saturated carbocycles. The minimum Gasteiger partial charge on any atom is -0.484 e. The Balaban J connectivity index is 1.28. The van der Waals surface area contributed by atoms with E-state index in [-0.39, 0.29) is 42.3 Å². The number of amides is 2. The second-order valence-electron chi connectivity index (χ2n) is 7.85. The summed E-state index contributed by atoms with van der Waals surface area (Å²) in [5.74, 6) is 0.309. The number of pyridine rings is 1. The number of aliphatic hydroxyl groups is 1. The van der Waals surface area contributed by atoms with Crippen molar-refractivity contribution in [3.8, 4) is 5.75 Å². The number of nitrogens with one attached hydrogen (secondary N) is 2. The summed E-state index contributed by atoms with van der Waals surface area (Å²) in [6, 6.07) is 8.06. The molecule has 1 aromatic carbocycles. The molecule has 1 heterocycles. The minimum absolute atomic E-state index is 0.00746. The number of nitrogens with zero attached hydrogens (tertiary/aromatic N) is 1. The highest BCUT2D eigenvalue weighted by molar-refractivity contribution is 6.42. The predicted octanol–water partition coefficient (Wildman–Crippen LogP) is 2.73. The summed E-state index contributed by atoms with van der Waals surface area (Å²) < 4.78 is 5.48. The SMILES string of the molecule is O=C(COc1ccc(Cl)c(Cl)c1)N[C@H]1CC2(NC(=O)c3cc(CO)ccn3)CC1C2. The van der Waals surface area contributed by atoms with E-state index in [1.807, 2.05) is 0 Å². The number of ether oxygens (including phenoxy) is 1. The summed E-state index contributed by atoms with van der Waals surface area (Å²) in [4.78, 5) is 28.9. The molecule has 1 atom stereocenters. The Morgan fingerprint density at radius 2 is 1.97 bits per heavy atom. The maximum atomic E-state index is 12.6. The second kappa shape index (κ2) is 8.41. The molecule has 0 unspecified atom stereocenters. The Bertz CT molecular complexity index is 978.